The van der Waals surface area contributed by atoms with Gasteiger partial charge in [-0.2, -0.15) is 0 Å². The summed E-state index contributed by atoms with van der Waals surface area (Å²) in [5.74, 6) is 0.861. The second kappa shape index (κ2) is 7.54. The molecule has 0 aliphatic carbocycles. The van der Waals surface area contributed by atoms with Gasteiger partial charge in [-0.1, -0.05) is 12.1 Å². The Morgan fingerprint density at radius 2 is 2.03 bits per heavy atom. The van der Waals surface area contributed by atoms with Crippen molar-refractivity contribution in [3.8, 4) is 0 Å². The summed E-state index contributed by atoms with van der Waals surface area (Å²) in [4.78, 5) is 37.9. The van der Waals surface area contributed by atoms with Crippen LogP contribution in [0.4, 0.5) is 10.6 Å². The number of imidazole rings is 1. The molecular formula is C21H24N6O2. The third kappa shape index (κ3) is 3.53. The van der Waals surface area contributed by atoms with Crippen molar-refractivity contribution >= 4 is 23.3 Å². The number of carbonyl (C=O) groups excluding carboxylic acids is 2. The first-order valence-electron chi connectivity index (χ1n) is 9.64. The first-order chi connectivity index (χ1) is 14.0. The van der Waals surface area contributed by atoms with E-state index in [2.05, 4.69) is 15.3 Å². The van der Waals surface area contributed by atoms with Crippen LogP contribution in [0.25, 0.3) is 5.52 Å². The van der Waals surface area contributed by atoms with Crippen LogP contribution in [0.5, 0.6) is 0 Å². The van der Waals surface area contributed by atoms with Gasteiger partial charge < -0.3 is 19.5 Å². The number of aromatic nitrogens is 3. The summed E-state index contributed by atoms with van der Waals surface area (Å²) < 4.78 is 1.91. The van der Waals surface area contributed by atoms with Gasteiger partial charge in [-0.05, 0) is 43.5 Å². The van der Waals surface area contributed by atoms with E-state index in [1.54, 1.807) is 31.3 Å². The Morgan fingerprint density at radius 1 is 1.21 bits per heavy atom. The van der Waals surface area contributed by atoms with Gasteiger partial charge >= 0.3 is 6.03 Å². The molecule has 1 fully saturated rings. The summed E-state index contributed by atoms with van der Waals surface area (Å²) in [6, 6.07) is 9.08. The van der Waals surface area contributed by atoms with Crippen molar-refractivity contribution in [3.05, 3.63) is 59.8 Å². The standard InChI is InChI=1S/C21H24N6O2/c1-14-9-10-17(22-13-14)23-20(28)18-15-7-4-5-11-26(15)19(24-18)16-8-6-12-27(16)21(29)25(2)3/h4-5,7,9-11,13,16H,6,8,12H2,1-3H3,(H,22,23,28)/t16-/m0/s1. The van der Waals surface area contributed by atoms with Crippen molar-refractivity contribution in [1.82, 2.24) is 24.2 Å². The Kier molecular flexibility index (Phi) is 4.92. The van der Waals surface area contributed by atoms with Crippen molar-refractivity contribution in [3.63, 3.8) is 0 Å². The maximum atomic E-state index is 12.9. The molecular weight excluding hydrogens is 368 g/mol. The van der Waals surface area contributed by atoms with Gasteiger partial charge in [0.15, 0.2) is 5.69 Å². The number of hydrogen-bond acceptors (Lipinski definition) is 4. The third-order valence-corrected chi connectivity index (χ3v) is 5.12. The number of anilines is 1. The fraction of sp³-hybridized carbons (Fsp3) is 0.333. The van der Waals surface area contributed by atoms with Crippen LogP contribution < -0.4 is 5.32 Å². The molecule has 8 heteroatoms. The summed E-state index contributed by atoms with van der Waals surface area (Å²) in [6.07, 6.45) is 5.31. The Bertz CT molecular complexity index is 1060. The lowest BCUT2D eigenvalue weighted by Crippen LogP contribution is -2.39. The number of nitrogens with one attached hydrogen (secondary N) is 1. The van der Waals surface area contributed by atoms with Gasteiger partial charge in [-0.25, -0.2) is 14.8 Å². The van der Waals surface area contributed by atoms with Gasteiger partial charge in [0.2, 0.25) is 0 Å². The van der Waals surface area contributed by atoms with E-state index >= 15 is 0 Å². The lowest BCUT2D eigenvalue weighted by Gasteiger charge is -2.27. The molecule has 0 unspecified atom stereocenters. The van der Waals surface area contributed by atoms with E-state index in [9.17, 15) is 9.59 Å². The monoisotopic (exact) mass is 392 g/mol. The van der Waals surface area contributed by atoms with Gasteiger partial charge in [0.05, 0.1) is 11.6 Å². The van der Waals surface area contributed by atoms with Crippen LogP contribution >= 0.6 is 0 Å². The van der Waals surface area contributed by atoms with Gasteiger partial charge in [0.1, 0.15) is 11.6 Å². The molecule has 0 saturated carbocycles. The molecule has 3 amide bonds. The van der Waals surface area contributed by atoms with Crippen LogP contribution in [-0.2, 0) is 0 Å². The summed E-state index contributed by atoms with van der Waals surface area (Å²) in [5.41, 5.74) is 2.05. The molecule has 1 aliphatic rings. The van der Waals surface area contributed by atoms with Crippen molar-refractivity contribution in [2.24, 2.45) is 0 Å². The first kappa shape index (κ1) is 18.9. The molecule has 1 saturated heterocycles. The van der Waals surface area contributed by atoms with Crippen molar-refractivity contribution in [2.45, 2.75) is 25.8 Å². The highest BCUT2D eigenvalue weighted by Crippen LogP contribution is 2.33. The van der Waals surface area contributed by atoms with E-state index in [0.717, 1.165) is 18.4 Å². The van der Waals surface area contributed by atoms with E-state index in [1.165, 1.54) is 0 Å². The Balaban J connectivity index is 1.71. The zero-order chi connectivity index (χ0) is 20.5. The lowest BCUT2D eigenvalue weighted by atomic mass is 10.2. The van der Waals surface area contributed by atoms with E-state index in [4.69, 9.17) is 0 Å². The molecule has 4 heterocycles. The molecule has 1 aliphatic heterocycles. The molecule has 0 bridgehead atoms. The average molecular weight is 392 g/mol. The molecule has 3 aromatic heterocycles. The largest absolute Gasteiger partial charge is 0.331 e. The number of hydrogen-bond donors (Lipinski definition) is 1. The van der Waals surface area contributed by atoms with Gasteiger partial charge in [-0.15, -0.1) is 0 Å². The van der Waals surface area contributed by atoms with Crippen molar-refractivity contribution in [1.29, 1.82) is 0 Å². The van der Waals surface area contributed by atoms with Gasteiger partial charge in [0, 0.05) is 33.0 Å². The number of carbonyl (C=O) groups is 2. The van der Waals surface area contributed by atoms with Crippen LogP contribution in [0.3, 0.4) is 0 Å². The molecule has 0 spiro atoms. The molecule has 29 heavy (non-hydrogen) atoms. The van der Waals surface area contributed by atoms with Crippen LogP contribution in [0.2, 0.25) is 0 Å². The Labute approximate surface area is 169 Å². The average Bonchev–Trinajstić information content (AvgIpc) is 3.33. The number of nitrogens with zero attached hydrogens (tertiary/aromatic N) is 5. The van der Waals surface area contributed by atoms with Gasteiger partial charge in [-0.3, -0.25) is 4.79 Å². The fourth-order valence-corrected chi connectivity index (χ4v) is 3.70. The SMILES string of the molecule is Cc1ccc(NC(=O)c2nc([C@@H]3CCCN3C(=O)N(C)C)n3ccccc23)nc1. The topological polar surface area (TPSA) is 82.8 Å². The maximum absolute atomic E-state index is 12.9. The van der Waals surface area contributed by atoms with Crippen LogP contribution in [0.15, 0.2) is 42.7 Å². The first-order valence-corrected chi connectivity index (χ1v) is 9.64. The van der Waals surface area contributed by atoms with E-state index in [1.807, 2.05) is 46.7 Å². The number of likely N-dealkylation sites (tertiary alicyclic amines) is 1. The minimum atomic E-state index is -0.320. The molecule has 1 atom stereocenters. The van der Waals surface area contributed by atoms with E-state index in [-0.39, 0.29) is 18.0 Å². The number of urea groups is 1. The lowest BCUT2D eigenvalue weighted by molar-refractivity contribution is 0.102. The molecule has 0 aromatic carbocycles. The highest BCUT2D eigenvalue weighted by atomic mass is 16.2. The summed E-state index contributed by atoms with van der Waals surface area (Å²) in [5, 5.41) is 2.82. The maximum Gasteiger partial charge on any atom is 0.320 e. The highest BCUT2D eigenvalue weighted by molar-refractivity contribution is 6.07. The highest BCUT2D eigenvalue weighted by Gasteiger charge is 2.35. The zero-order valence-electron chi connectivity index (χ0n) is 16.8. The summed E-state index contributed by atoms with van der Waals surface area (Å²) >= 11 is 0. The van der Waals surface area contributed by atoms with E-state index < -0.39 is 0 Å². The minimum Gasteiger partial charge on any atom is -0.331 e. The number of amides is 3. The zero-order valence-corrected chi connectivity index (χ0v) is 16.8. The van der Waals surface area contributed by atoms with E-state index in [0.29, 0.717) is 29.4 Å². The molecule has 1 N–H and O–H groups in total. The smallest absolute Gasteiger partial charge is 0.320 e. The Morgan fingerprint density at radius 3 is 2.76 bits per heavy atom. The van der Waals surface area contributed by atoms with Crippen molar-refractivity contribution < 1.29 is 9.59 Å². The second-order valence-electron chi connectivity index (χ2n) is 7.48. The fourth-order valence-electron chi connectivity index (χ4n) is 3.70. The quantitative estimate of drug-likeness (QED) is 0.742. The van der Waals surface area contributed by atoms with Crippen LogP contribution in [-0.4, -0.2) is 56.7 Å². The number of rotatable bonds is 3. The minimum absolute atomic E-state index is 0.0463. The molecule has 150 valence electrons. The number of aryl methyl sites for hydroxylation is 1. The summed E-state index contributed by atoms with van der Waals surface area (Å²) in [6.45, 7) is 2.62. The number of pyridine rings is 2. The van der Waals surface area contributed by atoms with Crippen LogP contribution in [0.1, 0.15) is 40.8 Å². The predicted octanol–water partition coefficient (Wildman–Crippen LogP) is 3.11. The van der Waals surface area contributed by atoms with Gasteiger partial charge in [0.25, 0.3) is 5.91 Å². The van der Waals surface area contributed by atoms with Crippen molar-refractivity contribution in [2.75, 3.05) is 26.0 Å². The normalized spacial score (nSPS) is 16.2. The van der Waals surface area contributed by atoms with Crippen LogP contribution in [0, 0.1) is 6.92 Å². The predicted molar refractivity (Wildman–Crippen MR) is 110 cm³/mol. The molecule has 4 rings (SSSR count). The summed E-state index contributed by atoms with van der Waals surface area (Å²) in [7, 11) is 3.49. The second-order valence-corrected chi connectivity index (χ2v) is 7.48. The Hall–Kier alpha value is -3.42. The third-order valence-electron chi connectivity index (χ3n) is 5.12. The molecule has 8 nitrogen and oxygen atoms in total. The molecule has 3 aromatic rings. The number of fused-ring (bicyclic) bond motifs is 1. The molecule has 0 radical (unpaired) electrons.